The molecule has 0 amide bonds. The summed E-state index contributed by atoms with van der Waals surface area (Å²) in [7, 11) is 1.69. The Morgan fingerprint density at radius 1 is 0.800 bits per heavy atom. The summed E-state index contributed by atoms with van der Waals surface area (Å²) in [6.45, 7) is 6.59. The van der Waals surface area contributed by atoms with E-state index in [1.807, 2.05) is 12.1 Å². The van der Waals surface area contributed by atoms with Gasteiger partial charge in [-0.15, -0.1) is 0 Å². The third-order valence-electron chi connectivity index (χ3n) is 3.58. The van der Waals surface area contributed by atoms with Crippen molar-refractivity contribution in [1.29, 1.82) is 0 Å². The summed E-state index contributed by atoms with van der Waals surface area (Å²) in [5.74, 6) is 1.46. The first-order valence-electron chi connectivity index (χ1n) is 7.10. The fourth-order valence-electron chi connectivity index (χ4n) is 2.19. The summed E-state index contributed by atoms with van der Waals surface area (Å²) in [6, 6.07) is 17.1. The molecule has 1 unspecified atom stereocenters. The molecule has 0 aliphatic heterocycles. The lowest BCUT2D eigenvalue weighted by Crippen LogP contribution is -2.06. The van der Waals surface area contributed by atoms with Crippen molar-refractivity contribution in [3.05, 3.63) is 59.7 Å². The van der Waals surface area contributed by atoms with E-state index in [-0.39, 0.29) is 6.04 Å². The molecule has 0 heterocycles. The van der Waals surface area contributed by atoms with Gasteiger partial charge in [-0.25, -0.2) is 0 Å². The number of rotatable bonds is 5. The summed E-state index contributed by atoms with van der Waals surface area (Å²) < 4.78 is 5.18. The van der Waals surface area contributed by atoms with Crippen LogP contribution in [-0.2, 0) is 0 Å². The molecule has 0 aromatic heterocycles. The molecule has 2 nitrogen and oxygen atoms in total. The van der Waals surface area contributed by atoms with Crippen molar-refractivity contribution in [1.82, 2.24) is 0 Å². The Hall–Kier alpha value is -1.96. The van der Waals surface area contributed by atoms with Gasteiger partial charge in [0.15, 0.2) is 0 Å². The smallest absolute Gasteiger partial charge is 0.118 e. The molecule has 2 heteroatoms. The minimum Gasteiger partial charge on any atom is -0.497 e. The number of benzene rings is 2. The Balaban J connectivity index is 2.04. The third kappa shape index (κ3) is 3.53. The first-order valence-corrected chi connectivity index (χ1v) is 7.10. The molecule has 0 aliphatic carbocycles. The van der Waals surface area contributed by atoms with Crippen molar-refractivity contribution in [2.75, 3.05) is 12.4 Å². The maximum Gasteiger partial charge on any atom is 0.118 e. The predicted molar refractivity (Wildman–Crippen MR) is 85.6 cm³/mol. The van der Waals surface area contributed by atoms with E-state index >= 15 is 0 Å². The molecule has 106 valence electrons. The van der Waals surface area contributed by atoms with Crippen molar-refractivity contribution in [2.24, 2.45) is 0 Å². The SMILES string of the molecule is COc1ccc(C(C)Nc2ccc(C(C)C)cc2)cc1. The van der Waals surface area contributed by atoms with E-state index in [9.17, 15) is 0 Å². The van der Waals surface area contributed by atoms with Crippen LogP contribution in [0, 0.1) is 0 Å². The number of hydrogen-bond acceptors (Lipinski definition) is 2. The van der Waals surface area contributed by atoms with Gasteiger partial charge in [-0.05, 0) is 48.2 Å². The second-order valence-corrected chi connectivity index (χ2v) is 5.42. The van der Waals surface area contributed by atoms with Crippen molar-refractivity contribution in [3.63, 3.8) is 0 Å². The van der Waals surface area contributed by atoms with Crippen LogP contribution in [0.2, 0.25) is 0 Å². The van der Waals surface area contributed by atoms with Crippen LogP contribution < -0.4 is 10.1 Å². The summed E-state index contributed by atoms with van der Waals surface area (Å²) in [5.41, 5.74) is 3.77. The highest BCUT2D eigenvalue weighted by atomic mass is 16.5. The Morgan fingerprint density at radius 3 is 1.85 bits per heavy atom. The van der Waals surface area contributed by atoms with Gasteiger partial charge in [-0.2, -0.15) is 0 Å². The molecule has 1 atom stereocenters. The van der Waals surface area contributed by atoms with Gasteiger partial charge in [0.25, 0.3) is 0 Å². The molecule has 0 fully saturated rings. The lowest BCUT2D eigenvalue weighted by Gasteiger charge is -2.17. The van der Waals surface area contributed by atoms with Crippen LogP contribution in [0.15, 0.2) is 48.5 Å². The van der Waals surface area contributed by atoms with E-state index in [2.05, 4.69) is 62.5 Å². The second kappa shape index (κ2) is 6.47. The lowest BCUT2D eigenvalue weighted by atomic mass is 10.0. The molecule has 0 saturated heterocycles. The quantitative estimate of drug-likeness (QED) is 0.825. The van der Waals surface area contributed by atoms with Gasteiger partial charge in [0, 0.05) is 11.7 Å². The number of nitrogens with one attached hydrogen (secondary N) is 1. The average Bonchev–Trinajstić information content (AvgIpc) is 2.48. The standard InChI is InChI=1S/C18H23NO/c1-13(2)15-5-9-17(10-6-15)19-14(3)16-7-11-18(20-4)12-8-16/h5-14,19H,1-4H3. The zero-order chi connectivity index (χ0) is 14.5. The summed E-state index contributed by atoms with van der Waals surface area (Å²) in [6.07, 6.45) is 0. The predicted octanol–water partition coefficient (Wildman–Crippen LogP) is 4.99. The Kier molecular flexibility index (Phi) is 4.67. The summed E-state index contributed by atoms with van der Waals surface area (Å²) in [4.78, 5) is 0. The van der Waals surface area contributed by atoms with Crippen molar-refractivity contribution >= 4 is 5.69 Å². The van der Waals surface area contributed by atoms with Gasteiger partial charge in [-0.3, -0.25) is 0 Å². The summed E-state index contributed by atoms with van der Waals surface area (Å²) >= 11 is 0. The Bertz CT molecular complexity index is 528. The van der Waals surface area contributed by atoms with Gasteiger partial charge >= 0.3 is 0 Å². The minimum absolute atomic E-state index is 0.269. The third-order valence-corrected chi connectivity index (χ3v) is 3.58. The molecule has 2 rings (SSSR count). The second-order valence-electron chi connectivity index (χ2n) is 5.42. The molecule has 2 aromatic rings. The normalized spacial score (nSPS) is 12.2. The van der Waals surface area contributed by atoms with Crippen LogP contribution in [0.1, 0.15) is 43.9 Å². The van der Waals surface area contributed by atoms with Crippen molar-refractivity contribution < 1.29 is 4.74 Å². The van der Waals surface area contributed by atoms with E-state index in [0.717, 1.165) is 11.4 Å². The highest BCUT2D eigenvalue weighted by molar-refractivity contribution is 5.47. The van der Waals surface area contributed by atoms with Crippen LogP contribution in [-0.4, -0.2) is 7.11 Å². The molecule has 0 radical (unpaired) electrons. The largest absolute Gasteiger partial charge is 0.497 e. The molecular weight excluding hydrogens is 246 g/mol. The first-order chi connectivity index (χ1) is 9.60. The average molecular weight is 269 g/mol. The maximum atomic E-state index is 5.18. The molecule has 0 aliphatic rings. The number of anilines is 1. The topological polar surface area (TPSA) is 21.3 Å². The van der Waals surface area contributed by atoms with Gasteiger partial charge in [0.05, 0.1) is 7.11 Å². The highest BCUT2D eigenvalue weighted by Crippen LogP contribution is 2.23. The molecule has 0 spiro atoms. The molecule has 20 heavy (non-hydrogen) atoms. The van der Waals surface area contributed by atoms with Gasteiger partial charge < -0.3 is 10.1 Å². The van der Waals surface area contributed by atoms with Crippen LogP contribution in [0.25, 0.3) is 0 Å². The number of ether oxygens (including phenoxy) is 1. The lowest BCUT2D eigenvalue weighted by molar-refractivity contribution is 0.414. The fourth-order valence-corrected chi connectivity index (χ4v) is 2.19. The zero-order valence-electron chi connectivity index (χ0n) is 12.7. The van der Waals surface area contributed by atoms with E-state index in [0.29, 0.717) is 5.92 Å². The van der Waals surface area contributed by atoms with Crippen LogP contribution >= 0.6 is 0 Å². The fraction of sp³-hybridized carbons (Fsp3) is 0.333. The van der Waals surface area contributed by atoms with Crippen molar-refractivity contribution in [3.8, 4) is 5.75 Å². The number of methoxy groups -OCH3 is 1. The molecule has 0 bridgehead atoms. The molecule has 0 saturated carbocycles. The van der Waals surface area contributed by atoms with Gasteiger partial charge in [0.2, 0.25) is 0 Å². The van der Waals surface area contributed by atoms with E-state index in [1.165, 1.54) is 11.1 Å². The summed E-state index contributed by atoms with van der Waals surface area (Å²) in [5, 5.41) is 3.52. The van der Waals surface area contributed by atoms with E-state index < -0.39 is 0 Å². The Labute approximate surface area is 121 Å². The zero-order valence-corrected chi connectivity index (χ0v) is 12.7. The molecular formula is C18H23NO. The highest BCUT2D eigenvalue weighted by Gasteiger charge is 2.06. The number of hydrogen-bond donors (Lipinski definition) is 1. The van der Waals surface area contributed by atoms with Crippen LogP contribution in [0.5, 0.6) is 5.75 Å². The monoisotopic (exact) mass is 269 g/mol. The molecule has 2 aromatic carbocycles. The Morgan fingerprint density at radius 2 is 1.35 bits per heavy atom. The first kappa shape index (κ1) is 14.4. The maximum absolute atomic E-state index is 5.18. The van der Waals surface area contributed by atoms with Crippen LogP contribution in [0.3, 0.4) is 0 Å². The van der Waals surface area contributed by atoms with Gasteiger partial charge in [0.1, 0.15) is 5.75 Å². The van der Waals surface area contributed by atoms with E-state index in [4.69, 9.17) is 4.74 Å². The minimum atomic E-state index is 0.269. The molecule has 1 N–H and O–H groups in total. The van der Waals surface area contributed by atoms with E-state index in [1.54, 1.807) is 7.11 Å². The van der Waals surface area contributed by atoms with Crippen molar-refractivity contribution in [2.45, 2.75) is 32.7 Å². The van der Waals surface area contributed by atoms with Crippen LogP contribution in [0.4, 0.5) is 5.69 Å². The van der Waals surface area contributed by atoms with Gasteiger partial charge in [-0.1, -0.05) is 38.1 Å².